The lowest BCUT2D eigenvalue weighted by molar-refractivity contribution is -0.144. The summed E-state index contributed by atoms with van der Waals surface area (Å²) in [6.07, 6.45) is 1.58. The molecule has 1 N–H and O–H groups in total. The highest BCUT2D eigenvalue weighted by atomic mass is 16.6. The van der Waals surface area contributed by atoms with Gasteiger partial charge in [0.2, 0.25) is 5.91 Å². The molecule has 2 heterocycles. The van der Waals surface area contributed by atoms with Crippen molar-refractivity contribution in [3.63, 3.8) is 0 Å². The van der Waals surface area contributed by atoms with Crippen LogP contribution < -0.4 is 5.32 Å². The smallest absolute Gasteiger partial charge is 0.410 e. The number of nitrogens with zero attached hydrogens (tertiary/aromatic N) is 2. The minimum Gasteiger partial charge on any atom is -0.444 e. The van der Waals surface area contributed by atoms with Crippen LogP contribution in [0.1, 0.15) is 55.8 Å². The van der Waals surface area contributed by atoms with Crippen molar-refractivity contribution in [3.05, 3.63) is 0 Å². The Hall–Kier alpha value is -1.30. The number of amides is 2. The summed E-state index contributed by atoms with van der Waals surface area (Å²) >= 11 is 0. The van der Waals surface area contributed by atoms with Crippen molar-refractivity contribution in [1.82, 2.24) is 15.1 Å². The highest BCUT2D eigenvalue weighted by Gasteiger charge is 2.56. The zero-order chi connectivity index (χ0) is 18.8. The summed E-state index contributed by atoms with van der Waals surface area (Å²) < 4.78 is 5.38. The number of carbonyl (C=O) groups excluding carboxylic acids is 2. The van der Waals surface area contributed by atoms with Gasteiger partial charge in [-0.2, -0.15) is 0 Å². The number of ether oxygens (including phenoxy) is 1. The van der Waals surface area contributed by atoms with Crippen molar-refractivity contribution in [2.45, 2.75) is 66.0 Å². The molecule has 0 aromatic heterocycles. The number of hydrogen-bond donors (Lipinski definition) is 1. The lowest BCUT2D eigenvalue weighted by atomic mass is 9.57. The van der Waals surface area contributed by atoms with Crippen LogP contribution in [0.2, 0.25) is 0 Å². The predicted octanol–water partition coefficient (Wildman–Crippen LogP) is 2.73. The van der Waals surface area contributed by atoms with Crippen LogP contribution in [0, 0.1) is 11.3 Å². The van der Waals surface area contributed by atoms with E-state index in [1.807, 2.05) is 34.6 Å². The minimum absolute atomic E-state index is 0. The van der Waals surface area contributed by atoms with Crippen LogP contribution in [0.25, 0.3) is 0 Å². The summed E-state index contributed by atoms with van der Waals surface area (Å²) in [6, 6.07) is 0.332. The van der Waals surface area contributed by atoms with Gasteiger partial charge in [0, 0.05) is 38.9 Å². The molecule has 2 saturated heterocycles. The lowest BCUT2D eigenvalue weighted by Gasteiger charge is -2.58. The molecule has 146 valence electrons. The molecule has 1 aliphatic carbocycles. The van der Waals surface area contributed by atoms with Gasteiger partial charge in [0.25, 0.3) is 0 Å². The van der Waals surface area contributed by atoms with E-state index < -0.39 is 5.60 Å². The second-order valence-corrected chi connectivity index (χ2v) is 8.50. The van der Waals surface area contributed by atoms with Gasteiger partial charge < -0.3 is 15.0 Å². The van der Waals surface area contributed by atoms with Crippen LogP contribution in [0.5, 0.6) is 0 Å². The van der Waals surface area contributed by atoms with E-state index in [1.165, 1.54) is 0 Å². The zero-order valence-corrected chi connectivity index (χ0v) is 16.7. The Morgan fingerprint density at radius 1 is 1.20 bits per heavy atom. The monoisotopic (exact) mass is 355 g/mol. The molecule has 25 heavy (non-hydrogen) atoms. The van der Waals surface area contributed by atoms with E-state index in [2.05, 4.69) is 17.1 Å². The molecule has 0 aromatic rings. The maximum atomic E-state index is 12.2. The first kappa shape index (κ1) is 20.0. The molecule has 6 heteroatoms. The van der Waals surface area contributed by atoms with E-state index in [1.54, 1.807) is 4.90 Å². The first-order valence-corrected chi connectivity index (χ1v) is 9.70. The minimum atomic E-state index is -0.447. The summed E-state index contributed by atoms with van der Waals surface area (Å²) in [5.74, 6) is 0.332. The maximum absolute atomic E-state index is 12.2. The van der Waals surface area contributed by atoms with E-state index in [-0.39, 0.29) is 24.8 Å². The largest absolute Gasteiger partial charge is 0.444 e. The SMILES string of the molecule is CC.CCN1CC(NC(=O)C2CC3(C2)CN(C(=O)OC(C)(C)C)C3)C1.[HH]. The molecule has 3 fully saturated rings. The van der Waals surface area contributed by atoms with Crippen molar-refractivity contribution >= 4 is 12.0 Å². The van der Waals surface area contributed by atoms with Crippen molar-refractivity contribution < 1.29 is 15.8 Å². The van der Waals surface area contributed by atoms with Crippen molar-refractivity contribution in [1.29, 1.82) is 0 Å². The second-order valence-electron chi connectivity index (χ2n) is 8.50. The summed E-state index contributed by atoms with van der Waals surface area (Å²) in [4.78, 5) is 28.2. The van der Waals surface area contributed by atoms with Gasteiger partial charge in [0.15, 0.2) is 0 Å². The standard InChI is InChI=1S/C17H29N3O3.C2H6.H2/c1-5-19-8-13(9-19)18-14(21)12-6-17(7-12)10-20(11-17)15(22)23-16(2,3)4;1-2;/h12-13H,5-11H2,1-4H3,(H,18,21);1-2H3;1H. The Morgan fingerprint density at radius 2 is 1.76 bits per heavy atom. The highest BCUT2D eigenvalue weighted by Crippen LogP contribution is 2.52. The topological polar surface area (TPSA) is 61.9 Å². The molecule has 0 atom stereocenters. The fourth-order valence-corrected chi connectivity index (χ4v) is 3.89. The molecular weight excluding hydrogens is 318 g/mol. The number of nitrogens with one attached hydrogen (secondary N) is 1. The molecule has 2 aliphatic heterocycles. The molecule has 0 radical (unpaired) electrons. The third-order valence-electron chi connectivity index (χ3n) is 5.18. The first-order valence-electron chi connectivity index (χ1n) is 9.70. The number of likely N-dealkylation sites (N-methyl/N-ethyl adjacent to an activating group) is 1. The first-order chi connectivity index (χ1) is 11.7. The summed E-state index contributed by atoms with van der Waals surface area (Å²) in [5.41, 5.74) is -0.273. The molecule has 1 spiro atoms. The Morgan fingerprint density at radius 3 is 2.24 bits per heavy atom. The third-order valence-corrected chi connectivity index (χ3v) is 5.18. The fraction of sp³-hybridized carbons (Fsp3) is 0.895. The molecule has 0 bridgehead atoms. The number of hydrogen-bond acceptors (Lipinski definition) is 4. The Labute approximate surface area is 153 Å². The van der Waals surface area contributed by atoms with E-state index in [0.717, 1.165) is 45.6 Å². The van der Waals surface area contributed by atoms with Crippen LogP contribution in [0.3, 0.4) is 0 Å². The third kappa shape index (κ3) is 4.66. The molecule has 0 unspecified atom stereocenters. The molecule has 6 nitrogen and oxygen atoms in total. The highest BCUT2D eigenvalue weighted by molar-refractivity contribution is 5.80. The van der Waals surface area contributed by atoms with E-state index in [4.69, 9.17) is 4.74 Å². The van der Waals surface area contributed by atoms with Gasteiger partial charge in [-0.05, 0) is 40.2 Å². The molecular formula is C19H37N3O3. The Kier molecular flexibility index (Phi) is 6.02. The maximum Gasteiger partial charge on any atom is 0.410 e. The number of rotatable bonds is 3. The molecule has 3 aliphatic rings. The number of likely N-dealkylation sites (tertiary alicyclic amines) is 2. The van der Waals surface area contributed by atoms with Crippen LogP contribution in [0.15, 0.2) is 0 Å². The Bertz CT molecular complexity index is 487. The molecule has 3 rings (SSSR count). The van der Waals surface area contributed by atoms with Crippen molar-refractivity contribution in [3.8, 4) is 0 Å². The second kappa shape index (κ2) is 7.52. The zero-order valence-electron chi connectivity index (χ0n) is 16.7. The van der Waals surface area contributed by atoms with Gasteiger partial charge in [-0.25, -0.2) is 4.79 Å². The summed E-state index contributed by atoms with van der Waals surface area (Å²) in [7, 11) is 0. The average molecular weight is 356 g/mol. The summed E-state index contributed by atoms with van der Waals surface area (Å²) in [5, 5.41) is 3.15. The van der Waals surface area contributed by atoms with Crippen LogP contribution >= 0.6 is 0 Å². The normalized spacial score (nSPS) is 22.9. The predicted molar refractivity (Wildman–Crippen MR) is 100 cm³/mol. The fourth-order valence-electron chi connectivity index (χ4n) is 3.89. The van der Waals surface area contributed by atoms with E-state index in [9.17, 15) is 9.59 Å². The Balaban J connectivity index is 0.00000109. The average Bonchev–Trinajstić information content (AvgIpc) is 2.39. The van der Waals surface area contributed by atoms with Gasteiger partial charge >= 0.3 is 6.09 Å². The van der Waals surface area contributed by atoms with Gasteiger partial charge in [0.05, 0.1) is 6.04 Å². The van der Waals surface area contributed by atoms with Gasteiger partial charge in [-0.3, -0.25) is 9.69 Å². The van der Waals surface area contributed by atoms with Crippen LogP contribution in [-0.2, 0) is 9.53 Å². The number of carbonyl (C=O) groups is 2. The van der Waals surface area contributed by atoms with E-state index >= 15 is 0 Å². The van der Waals surface area contributed by atoms with Crippen LogP contribution in [-0.4, -0.2) is 66.2 Å². The van der Waals surface area contributed by atoms with Crippen LogP contribution in [0.4, 0.5) is 4.79 Å². The summed E-state index contributed by atoms with van der Waals surface area (Å²) in [6.45, 7) is 16.3. The van der Waals surface area contributed by atoms with Gasteiger partial charge in [-0.15, -0.1) is 0 Å². The molecule has 2 amide bonds. The lowest BCUT2D eigenvalue weighted by Crippen LogP contribution is -2.67. The molecule has 1 saturated carbocycles. The van der Waals surface area contributed by atoms with Crippen molar-refractivity contribution in [2.75, 3.05) is 32.7 Å². The van der Waals surface area contributed by atoms with E-state index in [0.29, 0.717) is 6.04 Å². The molecule has 0 aromatic carbocycles. The van der Waals surface area contributed by atoms with Gasteiger partial charge in [-0.1, -0.05) is 20.8 Å². The van der Waals surface area contributed by atoms with Crippen molar-refractivity contribution in [2.24, 2.45) is 11.3 Å². The quantitative estimate of drug-likeness (QED) is 0.845. The van der Waals surface area contributed by atoms with Gasteiger partial charge in [0.1, 0.15) is 5.60 Å².